The van der Waals surface area contributed by atoms with Gasteiger partial charge in [0.25, 0.3) is 5.91 Å². The highest BCUT2D eigenvalue weighted by molar-refractivity contribution is 5.80. The number of benzene rings is 1. The normalized spacial score (nSPS) is 19.6. The van der Waals surface area contributed by atoms with E-state index in [0.717, 1.165) is 36.4 Å². The van der Waals surface area contributed by atoms with Crippen molar-refractivity contribution in [3.8, 4) is 29.0 Å². The number of methoxy groups -OCH3 is 1. The fourth-order valence-corrected chi connectivity index (χ4v) is 5.56. The Kier molecular flexibility index (Phi) is 9.22. The highest BCUT2D eigenvalue weighted by Gasteiger charge is 2.48. The van der Waals surface area contributed by atoms with E-state index in [0.29, 0.717) is 28.9 Å². The molecule has 2 N–H and O–H groups in total. The van der Waals surface area contributed by atoms with E-state index in [-0.39, 0.29) is 30.2 Å². The van der Waals surface area contributed by atoms with Crippen molar-refractivity contribution in [1.82, 2.24) is 24.8 Å². The van der Waals surface area contributed by atoms with Crippen molar-refractivity contribution in [3.05, 3.63) is 53.7 Å². The molecule has 2 aliphatic rings. The zero-order valence-corrected chi connectivity index (χ0v) is 24.8. The van der Waals surface area contributed by atoms with Crippen LogP contribution in [0.25, 0.3) is 11.3 Å². The predicted molar refractivity (Wildman–Crippen MR) is 158 cm³/mol. The van der Waals surface area contributed by atoms with Crippen LogP contribution in [0.15, 0.2) is 42.6 Å². The summed E-state index contributed by atoms with van der Waals surface area (Å²) in [5.74, 6) is -2.40. The van der Waals surface area contributed by atoms with Gasteiger partial charge >= 0.3 is 5.92 Å². The smallest absolute Gasteiger partial charge is 0.301 e. The van der Waals surface area contributed by atoms with E-state index in [1.807, 2.05) is 18.2 Å². The minimum absolute atomic E-state index is 0.00229. The number of rotatable bonds is 8. The molecule has 2 saturated heterocycles. The number of carbonyl (C=O) groups is 1. The largest absolute Gasteiger partial charge is 0.483 e. The SMILES string of the molecule is COc1nc(Nc2nccc(-c3ccc(OC4CCN(C(=O)C(C)O)CC4(F)F)c(C#N)c3)n2)ccc1C1CCN(C)CC1. The highest BCUT2D eigenvalue weighted by atomic mass is 19.3. The standard InChI is InChI=1S/C31H35F2N7O4/c1-19(41)29(42)40-15-11-26(31(32,33)18-40)44-25-6-4-21(16-22(25)17-34)24-8-12-35-30(36-24)38-27-7-5-23(28(37-27)43-3)20-9-13-39(2)14-10-20/h4-8,12,16,19-20,26,41H,9-11,13-15,18H2,1-3H3,(H,35,36,37,38). The van der Waals surface area contributed by atoms with Gasteiger partial charge in [-0.25, -0.2) is 18.7 Å². The van der Waals surface area contributed by atoms with Gasteiger partial charge in [0.2, 0.25) is 11.8 Å². The third-order valence-electron chi connectivity index (χ3n) is 8.00. The third kappa shape index (κ3) is 6.87. The number of carbonyl (C=O) groups excluding carboxylic acids is 1. The van der Waals surface area contributed by atoms with Crippen molar-refractivity contribution in [2.24, 2.45) is 0 Å². The van der Waals surface area contributed by atoms with E-state index < -0.39 is 30.6 Å². The van der Waals surface area contributed by atoms with Crippen LogP contribution < -0.4 is 14.8 Å². The molecule has 2 aromatic heterocycles. The molecule has 5 rings (SSSR count). The van der Waals surface area contributed by atoms with Gasteiger partial charge in [-0.3, -0.25) is 4.79 Å². The van der Waals surface area contributed by atoms with Crippen LogP contribution in [0.2, 0.25) is 0 Å². The summed E-state index contributed by atoms with van der Waals surface area (Å²) in [5, 5.41) is 22.4. The fraction of sp³-hybridized carbons (Fsp3) is 0.452. The molecule has 0 bridgehead atoms. The molecule has 2 unspecified atom stereocenters. The molecule has 232 valence electrons. The third-order valence-corrected chi connectivity index (χ3v) is 8.00. The van der Waals surface area contributed by atoms with Gasteiger partial charge < -0.3 is 29.7 Å². The van der Waals surface area contributed by atoms with Crippen molar-refractivity contribution in [3.63, 3.8) is 0 Å². The number of amides is 1. The van der Waals surface area contributed by atoms with Gasteiger partial charge in [-0.05, 0) is 82.2 Å². The maximum Gasteiger partial charge on any atom is 0.301 e. The molecular formula is C31H35F2N7O4. The summed E-state index contributed by atoms with van der Waals surface area (Å²) >= 11 is 0. The number of aromatic nitrogens is 3. The number of piperidine rings is 2. The Balaban J connectivity index is 1.29. The summed E-state index contributed by atoms with van der Waals surface area (Å²) in [4.78, 5) is 28.7. The Bertz CT molecular complexity index is 1540. The second-order valence-corrected chi connectivity index (χ2v) is 11.2. The molecule has 2 aliphatic heterocycles. The fourth-order valence-electron chi connectivity index (χ4n) is 5.56. The Labute approximate surface area is 254 Å². The number of nitrogens with zero attached hydrogens (tertiary/aromatic N) is 6. The Morgan fingerprint density at radius 2 is 1.93 bits per heavy atom. The van der Waals surface area contributed by atoms with Crippen LogP contribution in [0.3, 0.4) is 0 Å². The molecular weight excluding hydrogens is 572 g/mol. The monoisotopic (exact) mass is 607 g/mol. The number of nitriles is 1. The molecule has 2 fully saturated rings. The maximum absolute atomic E-state index is 14.9. The Morgan fingerprint density at radius 3 is 2.61 bits per heavy atom. The van der Waals surface area contributed by atoms with E-state index in [9.17, 15) is 23.9 Å². The first-order valence-corrected chi connectivity index (χ1v) is 14.5. The van der Waals surface area contributed by atoms with Crippen molar-refractivity contribution < 1.29 is 28.2 Å². The number of pyridine rings is 1. The van der Waals surface area contributed by atoms with E-state index in [4.69, 9.17) is 9.47 Å². The molecule has 0 saturated carbocycles. The van der Waals surface area contributed by atoms with Gasteiger partial charge in [0.1, 0.15) is 23.7 Å². The van der Waals surface area contributed by atoms with Crippen LogP contribution in [-0.4, -0.2) is 94.2 Å². The minimum atomic E-state index is -3.37. The lowest BCUT2D eigenvalue weighted by molar-refractivity contribution is -0.165. The molecule has 0 radical (unpaired) electrons. The summed E-state index contributed by atoms with van der Waals surface area (Å²) in [6.45, 7) is 2.41. The first-order valence-electron chi connectivity index (χ1n) is 14.5. The number of alkyl halides is 2. The molecule has 11 nitrogen and oxygen atoms in total. The van der Waals surface area contributed by atoms with E-state index in [1.165, 1.54) is 19.1 Å². The number of nitrogens with one attached hydrogen (secondary N) is 1. The van der Waals surface area contributed by atoms with E-state index >= 15 is 0 Å². The summed E-state index contributed by atoms with van der Waals surface area (Å²) in [5.41, 5.74) is 2.19. The summed E-state index contributed by atoms with van der Waals surface area (Å²) in [6, 6.07) is 12.2. The van der Waals surface area contributed by atoms with E-state index in [1.54, 1.807) is 25.4 Å². The van der Waals surface area contributed by atoms with Crippen molar-refractivity contribution in [2.75, 3.05) is 45.7 Å². The van der Waals surface area contributed by atoms with Crippen molar-refractivity contribution >= 4 is 17.7 Å². The molecule has 2 atom stereocenters. The summed E-state index contributed by atoms with van der Waals surface area (Å²) < 4.78 is 41.0. The van der Waals surface area contributed by atoms with Gasteiger partial charge in [0.15, 0.2) is 6.10 Å². The zero-order valence-electron chi connectivity index (χ0n) is 24.8. The van der Waals surface area contributed by atoms with Crippen LogP contribution in [0, 0.1) is 11.3 Å². The van der Waals surface area contributed by atoms with Crippen molar-refractivity contribution in [1.29, 1.82) is 5.26 Å². The van der Waals surface area contributed by atoms with Crippen LogP contribution in [0.5, 0.6) is 11.6 Å². The first-order chi connectivity index (χ1) is 21.1. The number of ether oxygens (including phenoxy) is 2. The topological polar surface area (TPSA) is 137 Å². The molecule has 44 heavy (non-hydrogen) atoms. The van der Waals surface area contributed by atoms with Gasteiger partial charge in [0.05, 0.1) is 24.9 Å². The number of aliphatic hydroxyl groups excluding tert-OH is 1. The molecule has 1 amide bonds. The van der Waals surface area contributed by atoms with Crippen LogP contribution >= 0.6 is 0 Å². The van der Waals surface area contributed by atoms with Gasteiger partial charge in [-0.15, -0.1) is 0 Å². The number of halogens is 2. The second kappa shape index (κ2) is 13.1. The predicted octanol–water partition coefficient (Wildman–Crippen LogP) is 3.97. The molecule has 1 aromatic carbocycles. The molecule has 13 heteroatoms. The minimum Gasteiger partial charge on any atom is -0.483 e. The van der Waals surface area contributed by atoms with Crippen molar-refractivity contribution in [2.45, 2.75) is 50.2 Å². The van der Waals surface area contributed by atoms with Crippen LogP contribution in [0.4, 0.5) is 20.5 Å². The highest BCUT2D eigenvalue weighted by Crippen LogP contribution is 2.35. The number of aliphatic hydroxyl groups is 1. The number of likely N-dealkylation sites (tertiary alicyclic amines) is 2. The lowest BCUT2D eigenvalue weighted by Gasteiger charge is -2.38. The summed E-state index contributed by atoms with van der Waals surface area (Å²) in [7, 11) is 3.72. The molecule has 3 aromatic rings. The average Bonchev–Trinajstić information content (AvgIpc) is 3.02. The van der Waals surface area contributed by atoms with Gasteiger partial charge in [-0.1, -0.05) is 0 Å². The molecule has 4 heterocycles. The number of anilines is 2. The first kappa shape index (κ1) is 31.0. The summed E-state index contributed by atoms with van der Waals surface area (Å²) in [6.07, 6.45) is 0.572. The lowest BCUT2D eigenvalue weighted by atomic mass is 9.90. The number of hydrogen-bond donors (Lipinski definition) is 2. The number of hydrogen-bond acceptors (Lipinski definition) is 10. The Hall–Kier alpha value is -4.41. The Morgan fingerprint density at radius 1 is 1.16 bits per heavy atom. The van der Waals surface area contributed by atoms with Gasteiger partial charge in [-0.2, -0.15) is 10.2 Å². The lowest BCUT2D eigenvalue weighted by Crippen LogP contribution is -2.56. The van der Waals surface area contributed by atoms with E-state index in [2.05, 4.69) is 32.2 Å². The van der Waals surface area contributed by atoms with Crippen LogP contribution in [0.1, 0.15) is 43.2 Å². The maximum atomic E-state index is 14.9. The second-order valence-electron chi connectivity index (χ2n) is 11.2. The quantitative estimate of drug-likeness (QED) is 0.387. The molecule has 0 aliphatic carbocycles. The molecule has 0 spiro atoms. The van der Waals surface area contributed by atoms with Gasteiger partial charge in [0, 0.05) is 30.3 Å². The van der Waals surface area contributed by atoms with Crippen LogP contribution in [-0.2, 0) is 4.79 Å². The average molecular weight is 608 g/mol. The zero-order chi connectivity index (χ0) is 31.4.